The van der Waals surface area contributed by atoms with Gasteiger partial charge in [0.25, 0.3) is 0 Å². The van der Waals surface area contributed by atoms with E-state index in [2.05, 4.69) is 6.58 Å². The third-order valence-electron chi connectivity index (χ3n) is 1.17. The Labute approximate surface area is 60.6 Å². The van der Waals surface area contributed by atoms with E-state index in [4.69, 9.17) is 14.2 Å². The van der Waals surface area contributed by atoms with Crippen LogP contribution in [-0.4, -0.2) is 32.5 Å². The Morgan fingerprint density at radius 1 is 1.60 bits per heavy atom. The molecule has 3 nitrogen and oxygen atoms in total. The van der Waals surface area contributed by atoms with E-state index in [0.29, 0.717) is 25.9 Å². The van der Waals surface area contributed by atoms with Gasteiger partial charge in [0.1, 0.15) is 12.7 Å². The van der Waals surface area contributed by atoms with E-state index in [1.165, 1.54) is 6.26 Å². The van der Waals surface area contributed by atoms with Gasteiger partial charge >= 0.3 is 0 Å². The zero-order valence-electron chi connectivity index (χ0n) is 5.91. The molecule has 1 unspecified atom stereocenters. The molecule has 1 atom stereocenters. The quantitative estimate of drug-likeness (QED) is 0.310. The van der Waals surface area contributed by atoms with Crippen LogP contribution in [0.5, 0.6) is 0 Å². The van der Waals surface area contributed by atoms with Crippen LogP contribution < -0.4 is 0 Å². The van der Waals surface area contributed by atoms with Crippen molar-refractivity contribution in [2.24, 2.45) is 0 Å². The maximum absolute atomic E-state index is 5.16. The first kappa shape index (κ1) is 7.57. The van der Waals surface area contributed by atoms with Gasteiger partial charge in [0.15, 0.2) is 0 Å². The third-order valence-corrected chi connectivity index (χ3v) is 1.17. The van der Waals surface area contributed by atoms with Gasteiger partial charge in [-0.3, -0.25) is 0 Å². The maximum Gasteiger partial charge on any atom is 0.111 e. The van der Waals surface area contributed by atoms with Gasteiger partial charge in [0.2, 0.25) is 0 Å². The monoisotopic (exact) mass is 144 g/mol. The fourth-order valence-corrected chi connectivity index (χ4v) is 0.569. The van der Waals surface area contributed by atoms with Crippen LogP contribution in [0.2, 0.25) is 0 Å². The molecule has 3 heteroatoms. The van der Waals surface area contributed by atoms with Crippen LogP contribution in [0.3, 0.4) is 0 Å². The first-order valence-electron chi connectivity index (χ1n) is 3.35. The molecule has 1 heterocycles. The van der Waals surface area contributed by atoms with Crippen LogP contribution in [0.25, 0.3) is 0 Å². The Balaban J connectivity index is 1.72. The smallest absolute Gasteiger partial charge is 0.111 e. The minimum absolute atomic E-state index is 0.351. The Morgan fingerprint density at radius 2 is 2.40 bits per heavy atom. The third kappa shape index (κ3) is 3.48. The van der Waals surface area contributed by atoms with Crippen LogP contribution in [0.15, 0.2) is 12.8 Å². The predicted octanol–water partition coefficient (Wildman–Crippen LogP) is 0.562. The normalized spacial score (nSPS) is 22.2. The molecule has 0 saturated carbocycles. The molecule has 0 bridgehead atoms. The van der Waals surface area contributed by atoms with Crippen molar-refractivity contribution in [1.82, 2.24) is 0 Å². The molecular weight excluding hydrogens is 132 g/mol. The fourth-order valence-electron chi connectivity index (χ4n) is 0.569. The predicted molar refractivity (Wildman–Crippen MR) is 36.7 cm³/mol. The van der Waals surface area contributed by atoms with Gasteiger partial charge in [-0.1, -0.05) is 6.58 Å². The molecular formula is C7H12O3. The van der Waals surface area contributed by atoms with Gasteiger partial charge in [-0.15, -0.1) is 0 Å². The second-order valence-electron chi connectivity index (χ2n) is 2.07. The first-order chi connectivity index (χ1) is 4.93. The van der Waals surface area contributed by atoms with Crippen molar-refractivity contribution in [1.29, 1.82) is 0 Å². The number of rotatable bonds is 6. The molecule has 0 amide bonds. The second kappa shape index (κ2) is 4.30. The molecule has 0 aromatic carbocycles. The molecule has 1 rings (SSSR count). The van der Waals surface area contributed by atoms with E-state index >= 15 is 0 Å². The molecule has 0 N–H and O–H groups in total. The summed E-state index contributed by atoms with van der Waals surface area (Å²) < 4.78 is 14.9. The van der Waals surface area contributed by atoms with Crippen molar-refractivity contribution < 1.29 is 14.2 Å². The summed E-state index contributed by atoms with van der Waals surface area (Å²) in [7, 11) is 0. The Morgan fingerprint density at radius 3 is 3.00 bits per heavy atom. The summed E-state index contributed by atoms with van der Waals surface area (Å²) in [6.07, 6.45) is 1.76. The zero-order chi connectivity index (χ0) is 7.23. The Hall–Kier alpha value is -0.540. The summed E-state index contributed by atoms with van der Waals surface area (Å²) >= 11 is 0. The largest absolute Gasteiger partial charge is 0.499 e. The van der Waals surface area contributed by atoms with Crippen molar-refractivity contribution >= 4 is 0 Å². The summed E-state index contributed by atoms with van der Waals surface area (Å²) in [6.45, 7) is 6.14. The van der Waals surface area contributed by atoms with E-state index in [1.54, 1.807) is 0 Å². The van der Waals surface area contributed by atoms with E-state index < -0.39 is 0 Å². The molecule has 1 saturated heterocycles. The van der Waals surface area contributed by atoms with Crippen molar-refractivity contribution in [3.63, 3.8) is 0 Å². The summed E-state index contributed by atoms with van der Waals surface area (Å²) in [6, 6.07) is 0. The molecule has 58 valence electrons. The molecule has 0 aliphatic carbocycles. The number of epoxide rings is 1. The summed E-state index contributed by atoms with van der Waals surface area (Å²) in [4.78, 5) is 0. The lowest BCUT2D eigenvalue weighted by Crippen LogP contribution is -2.06. The highest BCUT2D eigenvalue weighted by atomic mass is 16.6. The van der Waals surface area contributed by atoms with Crippen LogP contribution >= 0.6 is 0 Å². The van der Waals surface area contributed by atoms with Crippen molar-refractivity contribution in [3.05, 3.63) is 12.8 Å². The second-order valence-corrected chi connectivity index (χ2v) is 2.07. The minimum atomic E-state index is 0.351. The van der Waals surface area contributed by atoms with Crippen LogP contribution in [-0.2, 0) is 14.2 Å². The van der Waals surface area contributed by atoms with Gasteiger partial charge in [-0.2, -0.15) is 0 Å². The van der Waals surface area contributed by atoms with E-state index in [-0.39, 0.29) is 0 Å². The Kier molecular flexibility index (Phi) is 3.26. The molecule has 0 radical (unpaired) electrons. The lowest BCUT2D eigenvalue weighted by molar-refractivity contribution is 0.0749. The lowest BCUT2D eigenvalue weighted by Gasteiger charge is -2.00. The van der Waals surface area contributed by atoms with Gasteiger partial charge < -0.3 is 14.2 Å². The van der Waals surface area contributed by atoms with E-state index in [0.717, 1.165) is 6.61 Å². The number of ether oxygens (including phenoxy) is 3. The molecule has 0 aromatic heterocycles. The van der Waals surface area contributed by atoms with Crippen molar-refractivity contribution in [2.75, 3.05) is 26.4 Å². The molecule has 1 aliphatic rings. The van der Waals surface area contributed by atoms with Gasteiger partial charge in [-0.05, 0) is 0 Å². The fraction of sp³-hybridized carbons (Fsp3) is 0.714. The average molecular weight is 144 g/mol. The SMILES string of the molecule is C=COCCOCC1CO1. The maximum atomic E-state index is 5.16. The van der Waals surface area contributed by atoms with Gasteiger partial charge in [0, 0.05) is 0 Å². The Bertz CT molecular complexity index is 99.0. The summed E-state index contributed by atoms with van der Waals surface area (Å²) in [5.74, 6) is 0. The molecule has 1 fully saturated rings. The highest BCUT2D eigenvalue weighted by molar-refractivity contribution is 4.66. The van der Waals surface area contributed by atoms with E-state index in [1.807, 2.05) is 0 Å². The zero-order valence-corrected chi connectivity index (χ0v) is 5.91. The first-order valence-corrected chi connectivity index (χ1v) is 3.35. The topological polar surface area (TPSA) is 31.0 Å². The summed E-state index contributed by atoms with van der Waals surface area (Å²) in [5, 5.41) is 0. The lowest BCUT2D eigenvalue weighted by atomic mass is 10.5. The standard InChI is InChI=1S/C7H12O3/c1-2-8-3-4-9-5-7-6-10-7/h2,7H,1,3-6H2. The molecule has 1 aliphatic heterocycles. The average Bonchev–Trinajstić information content (AvgIpc) is 2.71. The molecule has 0 spiro atoms. The minimum Gasteiger partial charge on any atom is -0.499 e. The van der Waals surface area contributed by atoms with Crippen molar-refractivity contribution in [2.45, 2.75) is 6.10 Å². The van der Waals surface area contributed by atoms with E-state index in [9.17, 15) is 0 Å². The van der Waals surface area contributed by atoms with Crippen LogP contribution in [0.4, 0.5) is 0 Å². The highest BCUT2D eigenvalue weighted by Gasteiger charge is 2.21. The highest BCUT2D eigenvalue weighted by Crippen LogP contribution is 2.07. The van der Waals surface area contributed by atoms with Crippen LogP contribution in [0.1, 0.15) is 0 Å². The van der Waals surface area contributed by atoms with Crippen molar-refractivity contribution in [3.8, 4) is 0 Å². The molecule has 10 heavy (non-hydrogen) atoms. The number of hydrogen-bond donors (Lipinski definition) is 0. The van der Waals surface area contributed by atoms with Gasteiger partial charge in [-0.25, -0.2) is 0 Å². The van der Waals surface area contributed by atoms with Crippen LogP contribution in [0, 0.1) is 0 Å². The summed E-state index contributed by atoms with van der Waals surface area (Å²) in [5.41, 5.74) is 0. The van der Waals surface area contributed by atoms with Gasteiger partial charge in [0.05, 0.1) is 26.1 Å². The molecule has 0 aromatic rings. The number of hydrogen-bond acceptors (Lipinski definition) is 3.